The molecule has 0 saturated carbocycles. The van der Waals surface area contributed by atoms with Gasteiger partial charge in [-0.3, -0.25) is 0 Å². The largest absolute Gasteiger partial charge is 0.496 e. The molecule has 0 heterocycles. The van der Waals surface area contributed by atoms with Crippen LogP contribution in [0.5, 0.6) is 5.75 Å². The Balaban J connectivity index is 2.63. The Hall–Kier alpha value is -1.28. The van der Waals surface area contributed by atoms with Crippen molar-refractivity contribution in [3.8, 4) is 5.75 Å². The van der Waals surface area contributed by atoms with Gasteiger partial charge in [0.2, 0.25) is 0 Å². The van der Waals surface area contributed by atoms with E-state index in [0.29, 0.717) is 6.04 Å². The smallest absolute Gasteiger partial charge is 0.121 e. The number of allylic oxidation sites excluding steroid dienone is 1. The number of nitrogens with one attached hydrogen (secondary N) is 1. The highest BCUT2D eigenvalue weighted by Crippen LogP contribution is 2.25. The summed E-state index contributed by atoms with van der Waals surface area (Å²) in [5, 5.41) is 3.68. The third kappa shape index (κ3) is 6.34. The highest BCUT2D eigenvalue weighted by Gasteiger charge is 2.11. The highest BCUT2D eigenvalue weighted by atomic mass is 16.5. The summed E-state index contributed by atoms with van der Waals surface area (Å²) in [5.41, 5.74) is 2.59. The Labute approximate surface area is 130 Å². The molecule has 0 amide bonds. The van der Waals surface area contributed by atoms with E-state index in [4.69, 9.17) is 4.74 Å². The Bertz CT molecular complexity index is 414. The number of hydrogen-bond acceptors (Lipinski definition) is 2. The molecule has 1 rings (SSSR count). The summed E-state index contributed by atoms with van der Waals surface area (Å²) in [6.07, 6.45) is 9.32. The van der Waals surface area contributed by atoms with E-state index < -0.39 is 0 Å². The minimum atomic E-state index is 0.457. The topological polar surface area (TPSA) is 21.3 Å². The summed E-state index contributed by atoms with van der Waals surface area (Å²) in [7, 11) is 1.73. The monoisotopic (exact) mass is 289 g/mol. The first kappa shape index (κ1) is 17.8. The van der Waals surface area contributed by atoms with Crippen molar-refractivity contribution in [3.63, 3.8) is 0 Å². The standard InChI is InChI=1S/C19H31NO/c1-5-7-8-9-10-11-18(20-14-6-2)17-12-13-19(21-4)16(3)15-17/h5,12-13,15,18,20H,1,6-11,14H2,2-4H3. The lowest BCUT2D eigenvalue weighted by atomic mass is 9.98. The molecule has 21 heavy (non-hydrogen) atoms. The summed E-state index contributed by atoms with van der Waals surface area (Å²) in [4.78, 5) is 0. The highest BCUT2D eigenvalue weighted by molar-refractivity contribution is 5.37. The number of hydrogen-bond donors (Lipinski definition) is 1. The molecule has 0 aliphatic carbocycles. The Morgan fingerprint density at radius 2 is 2.10 bits per heavy atom. The maximum atomic E-state index is 5.36. The van der Waals surface area contributed by atoms with Gasteiger partial charge in [0.05, 0.1) is 7.11 Å². The minimum absolute atomic E-state index is 0.457. The van der Waals surface area contributed by atoms with Gasteiger partial charge in [-0.2, -0.15) is 0 Å². The van der Waals surface area contributed by atoms with Crippen LogP contribution < -0.4 is 10.1 Å². The maximum absolute atomic E-state index is 5.36. The molecule has 0 saturated heterocycles. The van der Waals surface area contributed by atoms with E-state index in [0.717, 1.165) is 18.7 Å². The first-order valence-electron chi connectivity index (χ1n) is 8.21. The molecule has 0 spiro atoms. The fourth-order valence-corrected chi connectivity index (χ4v) is 2.64. The van der Waals surface area contributed by atoms with E-state index in [-0.39, 0.29) is 0 Å². The molecule has 1 aromatic rings. The van der Waals surface area contributed by atoms with Crippen molar-refractivity contribution in [2.24, 2.45) is 0 Å². The molecule has 1 aromatic carbocycles. The van der Waals surface area contributed by atoms with E-state index in [1.807, 2.05) is 6.08 Å². The van der Waals surface area contributed by atoms with Crippen molar-refractivity contribution < 1.29 is 4.74 Å². The van der Waals surface area contributed by atoms with Gasteiger partial charge >= 0.3 is 0 Å². The van der Waals surface area contributed by atoms with Crippen molar-refractivity contribution in [2.45, 2.75) is 58.4 Å². The molecule has 2 nitrogen and oxygen atoms in total. The van der Waals surface area contributed by atoms with Gasteiger partial charge in [0.25, 0.3) is 0 Å². The Morgan fingerprint density at radius 1 is 1.29 bits per heavy atom. The lowest BCUT2D eigenvalue weighted by Gasteiger charge is -2.20. The van der Waals surface area contributed by atoms with Crippen LogP contribution in [-0.4, -0.2) is 13.7 Å². The predicted octanol–water partition coefficient (Wildman–Crippen LogP) is 5.18. The Kier molecular flexibility index (Phi) is 8.84. The third-order valence-electron chi connectivity index (χ3n) is 3.86. The molecule has 0 aliphatic rings. The average Bonchev–Trinajstić information content (AvgIpc) is 2.50. The molecule has 1 atom stereocenters. The number of rotatable bonds is 11. The molecule has 0 aromatic heterocycles. The van der Waals surface area contributed by atoms with Crippen LogP contribution in [0.2, 0.25) is 0 Å². The first-order chi connectivity index (χ1) is 10.2. The van der Waals surface area contributed by atoms with Crippen LogP contribution >= 0.6 is 0 Å². The Morgan fingerprint density at radius 3 is 2.71 bits per heavy atom. The fourth-order valence-electron chi connectivity index (χ4n) is 2.64. The van der Waals surface area contributed by atoms with Gasteiger partial charge in [0.15, 0.2) is 0 Å². The predicted molar refractivity (Wildman–Crippen MR) is 92.0 cm³/mol. The SMILES string of the molecule is C=CCCCCCC(NCCC)c1ccc(OC)c(C)c1. The van der Waals surface area contributed by atoms with Crippen LogP contribution in [0.4, 0.5) is 0 Å². The zero-order chi connectivity index (χ0) is 15.5. The quantitative estimate of drug-likeness (QED) is 0.447. The van der Waals surface area contributed by atoms with Gasteiger partial charge in [0, 0.05) is 6.04 Å². The lowest BCUT2D eigenvalue weighted by Crippen LogP contribution is -2.22. The van der Waals surface area contributed by atoms with Gasteiger partial charge < -0.3 is 10.1 Å². The molecule has 118 valence electrons. The van der Waals surface area contributed by atoms with E-state index in [1.165, 1.54) is 43.2 Å². The third-order valence-corrected chi connectivity index (χ3v) is 3.86. The molecule has 0 aliphatic heterocycles. The number of unbranched alkanes of at least 4 members (excludes halogenated alkanes) is 3. The van der Waals surface area contributed by atoms with Crippen LogP contribution in [0, 0.1) is 6.92 Å². The molecule has 0 radical (unpaired) electrons. The van der Waals surface area contributed by atoms with Crippen LogP contribution in [0.3, 0.4) is 0 Å². The molecule has 0 fully saturated rings. The molecule has 1 N–H and O–H groups in total. The van der Waals surface area contributed by atoms with Crippen LogP contribution in [0.15, 0.2) is 30.9 Å². The average molecular weight is 289 g/mol. The van der Waals surface area contributed by atoms with E-state index >= 15 is 0 Å². The summed E-state index contributed by atoms with van der Waals surface area (Å²) in [5.74, 6) is 0.971. The lowest BCUT2D eigenvalue weighted by molar-refractivity contribution is 0.410. The van der Waals surface area contributed by atoms with Crippen molar-refractivity contribution in [2.75, 3.05) is 13.7 Å². The zero-order valence-corrected chi connectivity index (χ0v) is 14.0. The van der Waals surface area contributed by atoms with E-state index in [2.05, 4.69) is 43.9 Å². The summed E-state index contributed by atoms with van der Waals surface area (Å²) in [6, 6.07) is 7.00. The van der Waals surface area contributed by atoms with Crippen molar-refractivity contribution >= 4 is 0 Å². The van der Waals surface area contributed by atoms with Crippen LogP contribution in [0.1, 0.15) is 62.6 Å². The first-order valence-corrected chi connectivity index (χ1v) is 8.21. The summed E-state index contributed by atoms with van der Waals surface area (Å²) < 4.78 is 5.36. The van der Waals surface area contributed by atoms with Crippen molar-refractivity contribution in [1.29, 1.82) is 0 Å². The van der Waals surface area contributed by atoms with Gasteiger partial charge in [-0.25, -0.2) is 0 Å². The zero-order valence-electron chi connectivity index (χ0n) is 14.0. The molecular formula is C19H31NO. The molecule has 1 unspecified atom stereocenters. The number of aryl methyl sites for hydroxylation is 1. The van der Waals surface area contributed by atoms with Crippen LogP contribution in [-0.2, 0) is 0 Å². The van der Waals surface area contributed by atoms with Crippen molar-refractivity contribution in [3.05, 3.63) is 42.0 Å². The van der Waals surface area contributed by atoms with Gasteiger partial charge in [-0.1, -0.05) is 38.0 Å². The summed E-state index contributed by atoms with van der Waals surface area (Å²) in [6.45, 7) is 9.19. The molecular weight excluding hydrogens is 258 g/mol. The molecule has 2 heteroatoms. The van der Waals surface area contributed by atoms with E-state index in [1.54, 1.807) is 7.11 Å². The van der Waals surface area contributed by atoms with Crippen LogP contribution in [0.25, 0.3) is 0 Å². The van der Waals surface area contributed by atoms with Gasteiger partial charge in [-0.05, 0) is 56.3 Å². The minimum Gasteiger partial charge on any atom is -0.496 e. The number of benzene rings is 1. The van der Waals surface area contributed by atoms with E-state index in [9.17, 15) is 0 Å². The molecule has 0 bridgehead atoms. The number of methoxy groups -OCH3 is 1. The van der Waals surface area contributed by atoms with Gasteiger partial charge in [-0.15, -0.1) is 6.58 Å². The fraction of sp³-hybridized carbons (Fsp3) is 0.579. The van der Waals surface area contributed by atoms with Crippen molar-refractivity contribution in [1.82, 2.24) is 5.32 Å². The second-order valence-electron chi connectivity index (χ2n) is 5.66. The van der Waals surface area contributed by atoms with Gasteiger partial charge in [0.1, 0.15) is 5.75 Å². The second kappa shape index (κ2) is 10.4. The normalized spacial score (nSPS) is 12.1. The maximum Gasteiger partial charge on any atom is 0.121 e. The summed E-state index contributed by atoms with van der Waals surface area (Å²) >= 11 is 0. The second-order valence-corrected chi connectivity index (χ2v) is 5.66. The number of ether oxygens (including phenoxy) is 1.